The summed E-state index contributed by atoms with van der Waals surface area (Å²) in [4.78, 5) is 0. The Hall–Kier alpha value is 0.634. The molecular formula is C3H8O2Ti. The van der Waals surface area contributed by atoms with Crippen LogP contribution in [0.3, 0.4) is 0 Å². The molecule has 0 fully saturated rings. The van der Waals surface area contributed by atoms with E-state index in [4.69, 9.17) is 3.32 Å². The third kappa shape index (κ3) is 4.63. The number of hydrogen-bond acceptors (Lipinski definition) is 2. The predicted octanol–water partition coefficient (Wildman–Crippen LogP) is 0.582. The molecule has 0 saturated heterocycles. The molecule has 0 aliphatic heterocycles. The van der Waals surface area contributed by atoms with Crippen LogP contribution in [0.1, 0.15) is 6.92 Å². The molecule has 0 rings (SSSR count). The van der Waals surface area contributed by atoms with Gasteiger partial charge in [0.2, 0.25) is 0 Å². The van der Waals surface area contributed by atoms with Gasteiger partial charge in [-0.3, -0.25) is 0 Å². The molecule has 0 atom stereocenters. The molecule has 0 aliphatic rings. The van der Waals surface area contributed by atoms with Crippen molar-refractivity contribution >= 4 is 0 Å². The summed E-state index contributed by atoms with van der Waals surface area (Å²) in [6, 6.07) is 0. The van der Waals surface area contributed by atoms with Crippen molar-refractivity contribution < 1.29 is 26.6 Å². The van der Waals surface area contributed by atoms with Gasteiger partial charge in [0.15, 0.2) is 0 Å². The summed E-state index contributed by atoms with van der Waals surface area (Å²) in [6.45, 7) is 2.75. The van der Waals surface area contributed by atoms with Gasteiger partial charge in [0.05, 0.1) is 0 Å². The molecule has 0 bridgehead atoms. The molecule has 0 aromatic rings. The number of rotatable bonds is 3. The second kappa shape index (κ2) is 5.63. The fourth-order valence-electron chi connectivity index (χ4n) is 0.118. The van der Waals surface area contributed by atoms with Crippen molar-refractivity contribution in [1.82, 2.24) is 0 Å². The minimum absolute atomic E-state index is 0.479. The summed E-state index contributed by atoms with van der Waals surface area (Å²) in [7, 11) is 1.66. The van der Waals surface area contributed by atoms with Gasteiger partial charge >= 0.3 is 47.2 Å². The summed E-state index contributed by atoms with van der Waals surface area (Å²) in [5, 5.41) is 0. The Balaban J connectivity index is 2.34. The van der Waals surface area contributed by atoms with Crippen LogP contribution in [-0.2, 0) is 26.6 Å². The molecule has 0 aromatic heterocycles. The van der Waals surface area contributed by atoms with Crippen LogP contribution >= 0.6 is 0 Å². The third-order valence-electron chi connectivity index (χ3n) is 0.287. The topological polar surface area (TPSA) is 18.5 Å². The Labute approximate surface area is 47.7 Å². The molecule has 6 heavy (non-hydrogen) atoms. The van der Waals surface area contributed by atoms with Crippen LogP contribution in [0.25, 0.3) is 0 Å². The van der Waals surface area contributed by atoms with Gasteiger partial charge in [-0.2, -0.15) is 0 Å². The fourth-order valence-corrected chi connectivity index (χ4v) is 0.486. The first-order valence-electron chi connectivity index (χ1n) is 1.81. The first-order chi connectivity index (χ1) is 2.91. The van der Waals surface area contributed by atoms with Crippen LogP contribution in [0.4, 0.5) is 0 Å². The second-order valence-corrected chi connectivity index (χ2v) is 2.07. The van der Waals surface area contributed by atoms with E-state index >= 15 is 0 Å². The maximum absolute atomic E-state index is 4.89. The van der Waals surface area contributed by atoms with Crippen molar-refractivity contribution in [3.8, 4) is 0 Å². The quantitative estimate of drug-likeness (QED) is 0.404. The molecule has 0 amide bonds. The maximum atomic E-state index is 4.89. The van der Waals surface area contributed by atoms with Gasteiger partial charge in [0, 0.05) is 0 Å². The molecule has 0 radical (unpaired) electrons. The monoisotopic (exact) mass is 124 g/mol. The van der Waals surface area contributed by atoms with E-state index in [1.54, 1.807) is 7.11 Å². The Bertz CT molecular complexity index is 20.8. The van der Waals surface area contributed by atoms with Gasteiger partial charge in [-0.15, -0.1) is 0 Å². The van der Waals surface area contributed by atoms with Crippen molar-refractivity contribution in [2.24, 2.45) is 0 Å². The first kappa shape index (κ1) is 6.63. The van der Waals surface area contributed by atoms with Gasteiger partial charge in [0.1, 0.15) is 0 Å². The van der Waals surface area contributed by atoms with Crippen LogP contribution in [0, 0.1) is 0 Å². The van der Waals surface area contributed by atoms with Crippen molar-refractivity contribution in [3.05, 3.63) is 0 Å². The second-order valence-electron chi connectivity index (χ2n) is 0.720. The molecule has 36 valence electrons. The van der Waals surface area contributed by atoms with Gasteiger partial charge in [0.25, 0.3) is 0 Å². The summed E-state index contributed by atoms with van der Waals surface area (Å²) in [5.74, 6) is 0. The van der Waals surface area contributed by atoms with Crippen LogP contribution in [0.15, 0.2) is 0 Å². The SMILES string of the molecule is CC[O][Ti][O]C. The molecular weight excluding hydrogens is 116 g/mol. The number of hydrogen-bond donors (Lipinski definition) is 0. The van der Waals surface area contributed by atoms with E-state index in [2.05, 4.69) is 3.32 Å². The summed E-state index contributed by atoms with van der Waals surface area (Å²) in [5.41, 5.74) is 0. The van der Waals surface area contributed by atoms with Crippen LogP contribution in [0.2, 0.25) is 0 Å². The molecule has 2 nitrogen and oxygen atoms in total. The Morgan fingerprint density at radius 1 is 1.67 bits per heavy atom. The van der Waals surface area contributed by atoms with Crippen molar-refractivity contribution in [2.45, 2.75) is 6.92 Å². The van der Waals surface area contributed by atoms with Crippen molar-refractivity contribution in [2.75, 3.05) is 13.7 Å². The molecule has 0 aromatic carbocycles. The van der Waals surface area contributed by atoms with Crippen molar-refractivity contribution in [3.63, 3.8) is 0 Å². The van der Waals surface area contributed by atoms with Gasteiger partial charge in [-0.1, -0.05) is 0 Å². The molecule has 0 saturated carbocycles. The van der Waals surface area contributed by atoms with Gasteiger partial charge < -0.3 is 0 Å². The standard InChI is InChI=1S/C2H5O.CH3O.Ti/c1-2-3;1-2;/h2H2,1H3;1H3;/q2*-1;+2. The van der Waals surface area contributed by atoms with E-state index < -0.39 is 19.9 Å². The zero-order chi connectivity index (χ0) is 4.83. The average molecular weight is 124 g/mol. The Morgan fingerprint density at radius 2 is 2.33 bits per heavy atom. The van der Waals surface area contributed by atoms with Gasteiger partial charge in [-0.05, 0) is 0 Å². The zero-order valence-corrected chi connectivity index (χ0v) is 5.59. The summed E-state index contributed by atoms with van der Waals surface area (Å²) < 4.78 is 9.57. The van der Waals surface area contributed by atoms with E-state index in [0.29, 0.717) is 0 Å². The third-order valence-corrected chi connectivity index (χ3v) is 1.18. The summed E-state index contributed by atoms with van der Waals surface area (Å²) >= 11 is -0.479. The average Bonchev–Trinajstić information content (AvgIpc) is 1.61. The van der Waals surface area contributed by atoms with E-state index in [1.807, 2.05) is 6.92 Å². The van der Waals surface area contributed by atoms with Crippen molar-refractivity contribution in [1.29, 1.82) is 0 Å². The fraction of sp³-hybridized carbons (Fsp3) is 1.00. The van der Waals surface area contributed by atoms with E-state index in [1.165, 1.54) is 0 Å². The molecule has 0 heterocycles. The minimum atomic E-state index is -0.479. The molecule has 0 aliphatic carbocycles. The zero-order valence-electron chi connectivity index (χ0n) is 4.02. The molecule has 0 unspecified atom stereocenters. The van der Waals surface area contributed by atoms with Crippen LogP contribution < -0.4 is 0 Å². The van der Waals surface area contributed by atoms with Crippen LogP contribution in [-0.4, -0.2) is 13.7 Å². The Kier molecular flexibility index (Phi) is 6.23. The molecule has 0 N–H and O–H groups in total. The van der Waals surface area contributed by atoms with E-state index in [9.17, 15) is 0 Å². The normalized spacial score (nSPS) is 8.33. The van der Waals surface area contributed by atoms with Gasteiger partial charge in [-0.25, -0.2) is 0 Å². The predicted molar refractivity (Wildman–Crippen MR) is 18.6 cm³/mol. The first-order valence-corrected chi connectivity index (χ1v) is 3.09. The summed E-state index contributed by atoms with van der Waals surface area (Å²) in [6.07, 6.45) is 0. The van der Waals surface area contributed by atoms with Crippen LogP contribution in [0.5, 0.6) is 0 Å². The van der Waals surface area contributed by atoms with E-state index in [-0.39, 0.29) is 0 Å². The van der Waals surface area contributed by atoms with E-state index in [0.717, 1.165) is 6.61 Å². The molecule has 3 heteroatoms. The molecule has 0 spiro atoms. The Morgan fingerprint density at radius 3 is 2.50 bits per heavy atom.